The largest absolute Gasteiger partial charge is 0.377 e. The maximum atomic E-state index is 5.82. The van der Waals surface area contributed by atoms with Crippen LogP contribution < -0.4 is 0 Å². The summed E-state index contributed by atoms with van der Waals surface area (Å²) in [5.74, 6) is 1.76. The van der Waals surface area contributed by atoms with Gasteiger partial charge in [0.2, 0.25) is 0 Å². The van der Waals surface area contributed by atoms with Gasteiger partial charge >= 0.3 is 0 Å². The number of ether oxygens (including phenoxy) is 2. The molecule has 1 N–H and O–H groups in total. The van der Waals surface area contributed by atoms with Crippen molar-refractivity contribution in [1.82, 2.24) is 20.1 Å². The van der Waals surface area contributed by atoms with Gasteiger partial charge in [0, 0.05) is 32.7 Å². The van der Waals surface area contributed by atoms with Gasteiger partial charge in [0.15, 0.2) is 5.82 Å². The third-order valence-corrected chi connectivity index (χ3v) is 3.96. The second-order valence-electron chi connectivity index (χ2n) is 5.64. The first-order chi connectivity index (χ1) is 9.85. The highest BCUT2D eigenvalue weighted by molar-refractivity contribution is 4.97. The molecule has 20 heavy (non-hydrogen) atoms. The van der Waals surface area contributed by atoms with E-state index in [2.05, 4.69) is 27.0 Å². The quantitative estimate of drug-likeness (QED) is 0.881. The van der Waals surface area contributed by atoms with Gasteiger partial charge in [-0.2, -0.15) is 5.10 Å². The van der Waals surface area contributed by atoms with Crippen molar-refractivity contribution in [2.45, 2.75) is 44.8 Å². The third-order valence-electron chi connectivity index (χ3n) is 3.96. The molecular weight excluding hydrogens is 256 g/mol. The molecule has 0 unspecified atom stereocenters. The number of aromatic amines is 1. The van der Waals surface area contributed by atoms with Crippen molar-refractivity contribution in [2.75, 3.05) is 32.8 Å². The summed E-state index contributed by atoms with van der Waals surface area (Å²) in [5, 5.41) is 7.31. The first-order valence-corrected chi connectivity index (χ1v) is 7.72. The molecule has 2 fully saturated rings. The molecule has 112 valence electrons. The van der Waals surface area contributed by atoms with E-state index in [0.29, 0.717) is 6.10 Å². The van der Waals surface area contributed by atoms with Gasteiger partial charge in [-0.3, -0.25) is 10.00 Å². The fourth-order valence-corrected chi connectivity index (χ4v) is 2.90. The van der Waals surface area contributed by atoms with Crippen LogP contribution in [-0.4, -0.2) is 59.0 Å². The lowest BCUT2D eigenvalue weighted by Gasteiger charge is -2.32. The highest BCUT2D eigenvalue weighted by Gasteiger charge is 2.28. The number of aryl methyl sites for hydroxylation is 1. The zero-order valence-electron chi connectivity index (χ0n) is 12.2. The van der Waals surface area contributed by atoms with Crippen molar-refractivity contribution < 1.29 is 9.47 Å². The molecule has 0 amide bonds. The molecule has 3 rings (SSSR count). The monoisotopic (exact) mass is 280 g/mol. The van der Waals surface area contributed by atoms with Crippen LogP contribution in [0, 0.1) is 0 Å². The lowest BCUT2D eigenvalue weighted by molar-refractivity contribution is -0.0481. The SMILES string of the molecule is CCCc1nc([C@H]2CN(C[C@@H]3CCCO3)CCO2)n[nH]1. The summed E-state index contributed by atoms with van der Waals surface area (Å²) in [6.45, 7) is 6.65. The Hall–Kier alpha value is -0.980. The fraction of sp³-hybridized carbons (Fsp3) is 0.857. The van der Waals surface area contributed by atoms with Crippen LogP contribution in [0.15, 0.2) is 0 Å². The highest BCUT2D eigenvalue weighted by atomic mass is 16.5. The van der Waals surface area contributed by atoms with Crippen molar-refractivity contribution in [3.8, 4) is 0 Å². The Balaban J connectivity index is 1.56. The number of hydrogen-bond donors (Lipinski definition) is 1. The van der Waals surface area contributed by atoms with Gasteiger partial charge in [-0.1, -0.05) is 6.92 Å². The predicted molar refractivity (Wildman–Crippen MR) is 74.5 cm³/mol. The van der Waals surface area contributed by atoms with Gasteiger partial charge in [-0.25, -0.2) is 4.98 Å². The smallest absolute Gasteiger partial charge is 0.180 e. The van der Waals surface area contributed by atoms with Gasteiger partial charge in [0.25, 0.3) is 0 Å². The molecule has 0 spiro atoms. The zero-order valence-corrected chi connectivity index (χ0v) is 12.2. The van der Waals surface area contributed by atoms with Crippen molar-refractivity contribution in [3.63, 3.8) is 0 Å². The highest BCUT2D eigenvalue weighted by Crippen LogP contribution is 2.21. The average Bonchev–Trinajstić information content (AvgIpc) is 3.11. The van der Waals surface area contributed by atoms with Gasteiger partial charge in [-0.15, -0.1) is 0 Å². The fourth-order valence-electron chi connectivity index (χ4n) is 2.90. The van der Waals surface area contributed by atoms with Crippen LogP contribution in [0.3, 0.4) is 0 Å². The molecule has 0 aliphatic carbocycles. The van der Waals surface area contributed by atoms with Crippen LogP contribution in [-0.2, 0) is 15.9 Å². The first kappa shape index (κ1) is 14.0. The van der Waals surface area contributed by atoms with E-state index in [4.69, 9.17) is 9.47 Å². The number of H-pyrrole nitrogens is 1. The zero-order chi connectivity index (χ0) is 13.8. The summed E-state index contributed by atoms with van der Waals surface area (Å²) >= 11 is 0. The normalized spacial score (nSPS) is 28.1. The Morgan fingerprint density at radius 1 is 1.35 bits per heavy atom. The van der Waals surface area contributed by atoms with Gasteiger partial charge in [0.1, 0.15) is 11.9 Å². The molecule has 0 radical (unpaired) electrons. The summed E-state index contributed by atoms with van der Waals surface area (Å²) < 4.78 is 11.5. The second-order valence-corrected chi connectivity index (χ2v) is 5.64. The van der Waals surface area contributed by atoms with Crippen molar-refractivity contribution in [3.05, 3.63) is 11.6 Å². The van der Waals surface area contributed by atoms with Crippen LogP contribution in [0.2, 0.25) is 0 Å². The van der Waals surface area contributed by atoms with E-state index in [0.717, 1.165) is 57.3 Å². The Labute approximate surface area is 119 Å². The summed E-state index contributed by atoms with van der Waals surface area (Å²) in [7, 11) is 0. The van der Waals surface area contributed by atoms with Crippen LogP contribution in [0.5, 0.6) is 0 Å². The number of nitrogens with zero attached hydrogens (tertiary/aromatic N) is 3. The Bertz CT molecular complexity index is 417. The summed E-state index contributed by atoms with van der Waals surface area (Å²) in [5.41, 5.74) is 0. The molecule has 6 heteroatoms. The van der Waals surface area contributed by atoms with E-state index in [1.165, 1.54) is 12.8 Å². The lowest BCUT2D eigenvalue weighted by atomic mass is 10.2. The molecule has 0 bridgehead atoms. The minimum atomic E-state index is -0.00740. The molecule has 2 saturated heterocycles. The Morgan fingerprint density at radius 2 is 2.30 bits per heavy atom. The maximum Gasteiger partial charge on any atom is 0.180 e. The first-order valence-electron chi connectivity index (χ1n) is 7.72. The van der Waals surface area contributed by atoms with E-state index in [9.17, 15) is 0 Å². The second kappa shape index (κ2) is 6.65. The summed E-state index contributed by atoms with van der Waals surface area (Å²) in [6.07, 6.45) is 4.79. The summed E-state index contributed by atoms with van der Waals surface area (Å²) in [4.78, 5) is 6.96. The Kier molecular flexibility index (Phi) is 4.65. The van der Waals surface area contributed by atoms with Crippen LogP contribution in [0.4, 0.5) is 0 Å². The van der Waals surface area contributed by atoms with Crippen molar-refractivity contribution in [2.24, 2.45) is 0 Å². The van der Waals surface area contributed by atoms with Crippen LogP contribution >= 0.6 is 0 Å². The van der Waals surface area contributed by atoms with E-state index in [-0.39, 0.29) is 6.10 Å². The van der Waals surface area contributed by atoms with Crippen molar-refractivity contribution >= 4 is 0 Å². The van der Waals surface area contributed by atoms with Crippen LogP contribution in [0.1, 0.15) is 43.9 Å². The molecule has 1 aromatic heterocycles. The molecule has 3 heterocycles. The maximum absolute atomic E-state index is 5.82. The molecule has 2 aliphatic heterocycles. The summed E-state index contributed by atoms with van der Waals surface area (Å²) in [6, 6.07) is 0. The van der Waals surface area contributed by atoms with Gasteiger partial charge in [0.05, 0.1) is 12.7 Å². The number of aromatic nitrogens is 3. The minimum absolute atomic E-state index is 0.00740. The van der Waals surface area contributed by atoms with Crippen LogP contribution in [0.25, 0.3) is 0 Å². The topological polar surface area (TPSA) is 63.3 Å². The van der Waals surface area contributed by atoms with Crippen molar-refractivity contribution in [1.29, 1.82) is 0 Å². The average molecular weight is 280 g/mol. The molecule has 6 nitrogen and oxygen atoms in total. The lowest BCUT2D eigenvalue weighted by Crippen LogP contribution is -2.42. The number of morpholine rings is 1. The molecule has 0 saturated carbocycles. The Morgan fingerprint density at radius 3 is 3.10 bits per heavy atom. The third kappa shape index (κ3) is 3.37. The molecule has 0 aromatic carbocycles. The molecule has 1 aromatic rings. The van der Waals surface area contributed by atoms with E-state index < -0.39 is 0 Å². The predicted octanol–water partition coefficient (Wildman–Crippen LogP) is 1.31. The standard InChI is InChI=1S/C14H24N4O2/c1-2-4-13-15-14(17-16-13)12-10-18(6-8-20-12)9-11-5-3-7-19-11/h11-12H,2-10H2,1H3,(H,15,16,17)/t11-,12+/m0/s1. The molecule has 2 atom stereocenters. The van der Waals surface area contributed by atoms with E-state index in [1.54, 1.807) is 0 Å². The number of rotatable bonds is 5. The molecular formula is C14H24N4O2. The van der Waals surface area contributed by atoms with Gasteiger partial charge in [-0.05, 0) is 19.3 Å². The van der Waals surface area contributed by atoms with E-state index >= 15 is 0 Å². The van der Waals surface area contributed by atoms with Gasteiger partial charge < -0.3 is 9.47 Å². The minimum Gasteiger partial charge on any atom is -0.377 e. The number of nitrogens with one attached hydrogen (secondary N) is 1. The number of hydrogen-bond acceptors (Lipinski definition) is 5. The molecule has 2 aliphatic rings. The van der Waals surface area contributed by atoms with E-state index in [1.807, 2.05) is 0 Å².